The third kappa shape index (κ3) is 4.39. The molecule has 32 heavy (non-hydrogen) atoms. The van der Waals surface area contributed by atoms with E-state index in [1.807, 2.05) is 42.4 Å². The van der Waals surface area contributed by atoms with E-state index < -0.39 is 0 Å². The molecule has 1 saturated heterocycles. The lowest BCUT2D eigenvalue weighted by Crippen LogP contribution is -2.29. The average molecular weight is 454 g/mol. The summed E-state index contributed by atoms with van der Waals surface area (Å²) >= 11 is 6.45. The summed E-state index contributed by atoms with van der Waals surface area (Å²) in [7, 11) is 1.88. The third-order valence-corrected chi connectivity index (χ3v) is 6.24. The Morgan fingerprint density at radius 1 is 1.19 bits per heavy atom. The SMILES string of the molecule is CN1Nc2ncc(F)cc2C1Nc1cc(CCN2CCCC2)nc(-c2ccccc2Cl)n1. The van der Waals surface area contributed by atoms with Gasteiger partial charge in [0.1, 0.15) is 23.6 Å². The Hall–Kier alpha value is -2.81. The molecule has 1 aromatic carbocycles. The molecule has 7 nitrogen and oxygen atoms in total. The molecular weight excluding hydrogens is 429 g/mol. The van der Waals surface area contributed by atoms with Crippen LogP contribution in [0.1, 0.15) is 30.3 Å². The van der Waals surface area contributed by atoms with Gasteiger partial charge in [-0.05, 0) is 44.1 Å². The van der Waals surface area contributed by atoms with Crippen LogP contribution in [0.2, 0.25) is 5.02 Å². The van der Waals surface area contributed by atoms with Crippen LogP contribution in [0.15, 0.2) is 42.6 Å². The second-order valence-corrected chi connectivity index (χ2v) is 8.61. The van der Waals surface area contributed by atoms with Gasteiger partial charge in [-0.1, -0.05) is 23.7 Å². The summed E-state index contributed by atoms with van der Waals surface area (Å²) in [5, 5.41) is 5.87. The Kier molecular flexibility index (Phi) is 5.91. The topological polar surface area (TPSA) is 69.2 Å². The first-order chi connectivity index (χ1) is 15.6. The first kappa shape index (κ1) is 21.1. The molecule has 5 rings (SSSR count). The van der Waals surface area contributed by atoms with Crippen LogP contribution >= 0.6 is 11.6 Å². The Balaban J connectivity index is 1.47. The number of anilines is 2. The summed E-state index contributed by atoms with van der Waals surface area (Å²) in [6, 6.07) is 11.0. The zero-order chi connectivity index (χ0) is 22.1. The first-order valence-corrected chi connectivity index (χ1v) is 11.2. The molecule has 0 spiro atoms. The van der Waals surface area contributed by atoms with Crippen LogP contribution in [0.4, 0.5) is 16.0 Å². The van der Waals surface area contributed by atoms with Crippen LogP contribution in [0.5, 0.6) is 0 Å². The van der Waals surface area contributed by atoms with Crippen molar-refractivity contribution in [3.05, 3.63) is 64.7 Å². The number of hydrazine groups is 1. The highest BCUT2D eigenvalue weighted by molar-refractivity contribution is 6.33. The summed E-state index contributed by atoms with van der Waals surface area (Å²) in [5.41, 5.74) is 5.60. The molecule has 0 amide bonds. The van der Waals surface area contributed by atoms with Crippen molar-refractivity contribution in [2.45, 2.75) is 25.4 Å². The van der Waals surface area contributed by atoms with Crippen molar-refractivity contribution in [1.82, 2.24) is 24.9 Å². The predicted molar refractivity (Wildman–Crippen MR) is 124 cm³/mol. The number of hydrogen-bond donors (Lipinski definition) is 2. The molecule has 2 aromatic heterocycles. The van der Waals surface area contributed by atoms with Gasteiger partial charge in [0, 0.05) is 42.9 Å². The van der Waals surface area contributed by atoms with E-state index in [0.717, 1.165) is 42.9 Å². The van der Waals surface area contributed by atoms with Crippen molar-refractivity contribution in [1.29, 1.82) is 0 Å². The fourth-order valence-electron chi connectivity index (χ4n) is 4.25. The number of rotatable bonds is 6. The molecule has 0 saturated carbocycles. The number of fused-ring (bicyclic) bond motifs is 1. The molecular formula is C23H25ClFN7. The van der Waals surface area contributed by atoms with Gasteiger partial charge in [-0.25, -0.2) is 19.3 Å². The van der Waals surface area contributed by atoms with Gasteiger partial charge in [0.25, 0.3) is 0 Å². The van der Waals surface area contributed by atoms with Gasteiger partial charge in [-0.3, -0.25) is 0 Å². The molecule has 3 aromatic rings. The normalized spacial score (nSPS) is 18.5. The van der Waals surface area contributed by atoms with E-state index in [4.69, 9.17) is 21.6 Å². The zero-order valence-corrected chi connectivity index (χ0v) is 18.6. The lowest BCUT2D eigenvalue weighted by molar-refractivity contribution is 0.342. The highest BCUT2D eigenvalue weighted by Gasteiger charge is 2.29. The zero-order valence-electron chi connectivity index (χ0n) is 17.9. The molecule has 1 fully saturated rings. The fraction of sp³-hybridized carbons (Fsp3) is 0.348. The number of hydrogen-bond acceptors (Lipinski definition) is 7. The molecule has 1 unspecified atom stereocenters. The number of aromatic nitrogens is 3. The Labute approximate surface area is 191 Å². The monoisotopic (exact) mass is 453 g/mol. The molecule has 0 bridgehead atoms. The minimum atomic E-state index is -0.376. The highest BCUT2D eigenvalue weighted by atomic mass is 35.5. The standard InChI is InChI=1S/C23H25ClFN7/c1-31-23(18-12-15(25)14-26-21(18)30-31)29-20-13-16(8-11-32-9-4-5-10-32)27-22(28-20)17-6-2-3-7-19(17)24/h2-3,6-7,12-14,23H,4-5,8-11H2,1H3,(H,26,30)(H,27,28,29). The summed E-state index contributed by atoms with van der Waals surface area (Å²) < 4.78 is 13.9. The van der Waals surface area contributed by atoms with Gasteiger partial charge >= 0.3 is 0 Å². The average Bonchev–Trinajstić information content (AvgIpc) is 3.41. The summed E-state index contributed by atoms with van der Waals surface area (Å²) in [5.74, 6) is 1.48. The van der Waals surface area contributed by atoms with Crippen molar-refractivity contribution < 1.29 is 4.39 Å². The molecule has 2 aliphatic heterocycles. The van der Waals surface area contributed by atoms with E-state index in [0.29, 0.717) is 22.5 Å². The Morgan fingerprint density at radius 2 is 2.00 bits per heavy atom. The van der Waals surface area contributed by atoms with Crippen molar-refractivity contribution >= 4 is 23.2 Å². The molecule has 1 atom stereocenters. The maximum absolute atomic E-state index is 13.9. The molecule has 9 heteroatoms. The molecule has 2 aliphatic rings. The van der Waals surface area contributed by atoms with Crippen LogP contribution in [0, 0.1) is 5.82 Å². The molecule has 0 radical (unpaired) electrons. The predicted octanol–water partition coefficient (Wildman–Crippen LogP) is 4.35. The van der Waals surface area contributed by atoms with Crippen molar-refractivity contribution in [3.63, 3.8) is 0 Å². The van der Waals surface area contributed by atoms with E-state index in [1.54, 1.807) is 0 Å². The van der Waals surface area contributed by atoms with Gasteiger partial charge in [0.2, 0.25) is 0 Å². The van der Waals surface area contributed by atoms with Crippen LogP contribution in [-0.4, -0.2) is 51.5 Å². The Morgan fingerprint density at radius 3 is 2.81 bits per heavy atom. The number of nitrogens with one attached hydrogen (secondary N) is 2. The van der Waals surface area contributed by atoms with Gasteiger partial charge in [0.15, 0.2) is 5.82 Å². The molecule has 0 aliphatic carbocycles. The second-order valence-electron chi connectivity index (χ2n) is 8.21. The lowest BCUT2D eigenvalue weighted by atomic mass is 10.2. The summed E-state index contributed by atoms with van der Waals surface area (Å²) in [4.78, 5) is 16.2. The lowest BCUT2D eigenvalue weighted by Gasteiger charge is -2.22. The number of pyridine rings is 1. The number of halogens is 2. The molecule has 166 valence electrons. The van der Waals surface area contributed by atoms with Crippen LogP contribution in [0.25, 0.3) is 11.4 Å². The van der Waals surface area contributed by atoms with Gasteiger partial charge < -0.3 is 15.6 Å². The van der Waals surface area contributed by atoms with Crippen molar-refractivity contribution in [2.75, 3.05) is 37.4 Å². The third-order valence-electron chi connectivity index (χ3n) is 5.91. The summed E-state index contributed by atoms with van der Waals surface area (Å²) in [6.45, 7) is 3.24. The fourth-order valence-corrected chi connectivity index (χ4v) is 4.47. The number of benzene rings is 1. The van der Waals surface area contributed by atoms with E-state index in [-0.39, 0.29) is 12.0 Å². The highest BCUT2D eigenvalue weighted by Crippen LogP contribution is 2.34. The quantitative estimate of drug-likeness (QED) is 0.575. The Bertz CT molecular complexity index is 1120. The number of likely N-dealkylation sites (tertiary alicyclic amines) is 1. The van der Waals surface area contributed by atoms with Gasteiger partial charge in [-0.2, -0.15) is 5.01 Å². The molecule has 2 N–H and O–H groups in total. The van der Waals surface area contributed by atoms with E-state index in [9.17, 15) is 4.39 Å². The van der Waals surface area contributed by atoms with Crippen LogP contribution in [-0.2, 0) is 6.42 Å². The largest absolute Gasteiger partial charge is 0.349 e. The van der Waals surface area contributed by atoms with Gasteiger partial charge in [0.05, 0.1) is 11.2 Å². The second kappa shape index (κ2) is 8.97. The maximum Gasteiger partial charge on any atom is 0.163 e. The van der Waals surface area contributed by atoms with Crippen molar-refractivity contribution in [3.8, 4) is 11.4 Å². The first-order valence-electron chi connectivity index (χ1n) is 10.8. The molecule has 4 heterocycles. The smallest absolute Gasteiger partial charge is 0.163 e. The number of nitrogens with zero attached hydrogens (tertiary/aromatic N) is 5. The van der Waals surface area contributed by atoms with Crippen molar-refractivity contribution in [2.24, 2.45) is 0 Å². The van der Waals surface area contributed by atoms with Gasteiger partial charge in [-0.15, -0.1) is 0 Å². The maximum atomic E-state index is 13.9. The van der Waals surface area contributed by atoms with Crippen LogP contribution in [0.3, 0.4) is 0 Å². The minimum Gasteiger partial charge on any atom is -0.349 e. The minimum absolute atomic E-state index is 0.325. The summed E-state index contributed by atoms with van der Waals surface area (Å²) in [6.07, 6.45) is 4.21. The van der Waals surface area contributed by atoms with E-state index in [2.05, 4.69) is 20.6 Å². The van der Waals surface area contributed by atoms with Crippen LogP contribution < -0.4 is 10.7 Å². The van der Waals surface area contributed by atoms with E-state index in [1.165, 1.54) is 25.1 Å². The van der Waals surface area contributed by atoms with E-state index >= 15 is 0 Å².